The van der Waals surface area contributed by atoms with Crippen molar-refractivity contribution in [3.05, 3.63) is 36.0 Å². The van der Waals surface area contributed by atoms with Crippen LogP contribution in [0.1, 0.15) is 19.3 Å². The number of alkyl halides is 1. The van der Waals surface area contributed by atoms with Gasteiger partial charge < -0.3 is 10.6 Å². The van der Waals surface area contributed by atoms with Crippen LogP contribution in [0.5, 0.6) is 0 Å². The van der Waals surface area contributed by atoms with Gasteiger partial charge in [-0.25, -0.2) is 4.39 Å². The van der Waals surface area contributed by atoms with Gasteiger partial charge in [-0.2, -0.15) is 0 Å². The minimum atomic E-state index is -0.921. The fourth-order valence-corrected chi connectivity index (χ4v) is 2.26. The molecule has 1 fully saturated rings. The molecule has 1 saturated heterocycles. The highest BCUT2D eigenvalue weighted by Gasteiger charge is 2.12. The van der Waals surface area contributed by atoms with E-state index in [2.05, 4.69) is 10.6 Å². The standard InChI is InChI=1S/C14H21FN2/c15-14-6-2-1-4-12(14)7-8-13-5-3-9-16-10-11-17-13/h1-2,4,6-7,13-14,16-17H,3,5,8-11H2. The number of hydrogen-bond donors (Lipinski definition) is 2. The van der Waals surface area contributed by atoms with Gasteiger partial charge in [0.2, 0.25) is 0 Å². The van der Waals surface area contributed by atoms with Crippen molar-refractivity contribution in [2.24, 2.45) is 0 Å². The van der Waals surface area contributed by atoms with Gasteiger partial charge in [0.1, 0.15) is 6.17 Å². The molecule has 1 heterocycles. The smallest absolute Gasteiger partial charge is 0.143 e. The Kier molecular flexibility index (Phi) is 4.95. The summed E-state index contributed by atoms with van der Waals surface area (Å²) in [5.41, 5.74) is 0.800. The molecule has 0 aromatic heterocycles. The lowest BCUT2D eigenvalue weighted by Gasteiger charge is -2.21. The summed E-state index contributed by atoms with van der Waals surface area (Å²) in [4.78, 5) is 0. The van der Waals surface area contributed by atoms with Gasteiger partial charge in [0.25, 0.3) is 0 Å². The van der Waals surface area contributed by atoms with E-state index in [1.807, 2.05) is 18.2 Å². The summed E-state index contributed by atoms with van der Waals surface area (Å²) in [6.45, 7) is 3.13. The molecule has 17 heavy (non-hydrogen) atoms. The average Bonchev–Trinajstić information content (AvgIpc) is 2.29. The molecule has 0 radical (unpaired) electrons. The maximum atomic E-state index is 13.5. The van der Waals surface area contributed by atoms with Gasteiger partial charge in [0.15, 0.2) is 0 Å². The minimum Gasteiger partial charge on any atom is -0.315 e. The number of nitrogens with one attached hydrogen (secondary N) is 2. The summed E-state index contributed by atoms with van der Waals surface area (Å²) in [5, 5.41) is 6.87. The van der Waals surface area contributed by atoms with Crippen LogP contribution in [0.3, 0.4) is 0 Å². The molecule has 0 spiro atoms. The molecule has 0 bridgehead atoms. The molecule has 2 atom stereocenters. The highest BCUT2D eigenvalue weighted by molar-refractivity contribution is 5.34. The number of halogens is 1. The molecule has 3 heteroatoms. The number of hydrogen-bond acceptors (Lipinski definition) is 2. The minimum absolute atomic E-state index is 0.496. The van der Waals surface area contributed by atoms with Crippen molar-refractivity contribution in [1.82, 2.24) is 10.6 Å². The van der Waals surface area contributed by atoms with Crippen LogP contribution in [0.2, 0.25) is 0 Å². The monoisotopic (exact) mass is 236 g/mol. The fourth-order valence-electron chi connectivity index (χ4n) is 2.26. The Morgan fingerprint density at radius 1 is 1.29 bits per heavy atom. The van der Waals surface area contributed by atoms with E-state index in [1.165, 1.54) is 6.42 Å². The molecule has 1 aliphatic carbocycles. The van der Waals surface area contributed by atoms with Crippen molar-refractivity contribution in [3.8, 4) is 0 Å². The molecule has 2 aliphatic rings. The molecule has 2 unspecified atom stereocenters. The average molecular weight is 236 g/mol. The van der Waals surface area contributed by atoms with Gasteiger partial charge in [-0.05, 0) is 37.5 Å². The zero-order valence-electron chi connectivity index (χ0n) is 10.2. The third kappa shape index (κ3) is 4.10. The second-order valence-electron chi connectivity index (χ2n) is 4.63. The lowest BCUT2D eigenvalue weighted by atomic mass is 10.0. The van der Waals surface area contributed by atoms with Crippen molar-refractivity contribution in [2.75, 3.05) is 19.6 Å². The maximum absolute atomic E-state index is 13.5. The zero-order valence-corrected chi connectivity index (χ0v) is 10.2. The predicted octanol–water partition coefficient (Wildman–Crippen LogP) is 2.11. The van der Waals surface area contributed by atoms with Crippen LogP contribution in [0.15, 0.2) is 36.0 Å². The first-order chi connectivity index (χ1) is 8.36. The summed E-state index contributed by atoms with van der Waals surface area (Å²) in [7, 11) is 0. The number of rotatable bonds is 2. The molecule has 2 N–H and O–H groups in total. The topological polar surface area (TPSA) is 24.1 Å². The molecular weight excluding hydrogens is 215 g/mol. The van der Waals surface area contributed by atoms with Gasteiger partial charge in [-0.3, -0.25) is 0 Å². The highest BCUT2D eigenvalue weighted by Crippen LogP contribution is 2.17. The quantitative estimate of drug-likeness (QED) is 0.767. The van der Waals surface area contributed by atoms with Gasteiger partial charge in [-0.1, -0.05) is 24.3 Å². The lowest BCUT2D eigenvalue weighted by Crippen LogP contribution is -2.38. The molecule has 0 aromatic carbocycles. The first kappa shape index (κ1) is 12.5. The zero-order chi connectivity index (χ0) is 11.9. The maximum Gasteiger partial charge on any atom is 0.143 e. The summed E-state index contributed by atoms with van der Waals surface area (Å²) in [6.07, 6.45) is 11.5. The molecule has 2 rings (SSSR count). The lowest BCUT2D eigenvalue weighted by molar-refractivity contribution is 0.423. The van der Waals surface area contributed by atoms with E-state index in [0.717, 1.165) is 38.0 Å². The van der Waals surface area contributed by atoms with Crippen molar-refractivity contribution in [1.29, 1.82) is 0 Å². The third-order valence-electron chi connectivity index (χ3n) is 3.28. The Morgan fingerprint density at radius 3 is 3.12 bits per heavy atom. The summed E-state index contributed by atoms with van der Waals surface area (Å²) < 4.78 is 13.5. The second-order valence-corrected chi connectivity index (χ2v) is 4.63. The largest absolute Gasteiger partial charge is 0.315 e. The van der Waals surface area contributed by atoms with Crippen molar-refractivity contribution < 1.29 is 4.39 Å². The van der Waals surface area contributed by atoms with E-state index in [4.69, 9.17) is 0 Å². The first-order valence-electron chi connectivity index (χ1n) is 6.49. The van der Waals surface area contributed by atoms with Crippen molar-refractivity contribution in [3.63, 3.8) is 0 Å². The third-order valence-corrected chi connectivity index (χ3v) is 3.28. The Labute approximate surface area is 103 Å². The molecule has 0 saturated carbocycles. The van der Waals surface area contributed by atoms with Crippen LogP contribution >= 0.6 is 0 Å². The van der Waals surface area contributed by atoms with E-state index in [9.17, 15) is 4.39 Å². The normalized spacial score (nSPS) is 32.4. The Hall–Kier alpha value is -0.930. The number of allylic oxidation sites excluding steroid dienone is 5. The van der Waals surface area contributed by atoms with E-state index < -0.39 is 6.17 Å². The van der Waals surface area contributed by atoms with E-state index >= 15 is 0 Å². The predicted molar refractivity (Wildman–Crippen MR) is 69.8 cm³/mol. The molecule has 0 amide bonds. The van der Waals surface area contributed by atoms with Crippen molar-refractivity contribution >= 4 is 0 Å². The van der Waals surface area contributed by atoms with E-state index in [-0.39, 0.29) is 0 Å². The summed E-state index contributed by atoms with van der Waals surface area (Å²) in [5.74, 6) is 0. The Bertz CT molecular complexity index is 312. The second kappa shape index (κ2) is 6.72. The SMILES string of the molecule is FC1C=CC=CC1=CCC1CCCNCCN1. The Morgan fingerprint density at radius 2 is 2.24 bits per heavy atom. The highest BCUT2D eigenvalue weighted by atomic mass is 19.1. The van der Waals surface area contributed by atoms with Crippen LogP contribution in [-0.4, -0.2) is 31.8 Å². The summed E-state index contributed by atoms with van der Waals surface area (Å²) >= 11 is 0. The molecular formula is C14H21FN2. The van der Waals surface area contributed by atoms with Crippen molar-refractivity contribution in [2.45, 2.75) is 31.5 Å². The van der Waals surface area contributed by atoms with Crippen LogP contribution < -0.4 is 10.6 Å². The summed E-state index contributed by atoms with van der Waals surface area (Å²) in [6, 6.07) is 0.496. The molecule has 1 aliphatic heterocycles. The van der Waals surface area contributed by atoms with Crippen LogP contribution in [0, 0.1) is 0 Å². The van der Waals surface area contributed by atoms with Crippen LogP contribution in [0.25, 0.3) is 0 Å². The van der Waals surface area contributed by atoms with Gasteiger partial charge >= 0.3 is 0 Å². The molecule has 94 valence electrons. The molecule has 0 aromatic rings. The van der Waals surface area contributed by atoms with E-state index in [0.29, 0.717) is 6.04 Å². The van der Waals surface area contributed by atoms with Gasteiger partial charge in [-0.15, -0.1) is 0 Å². The van der Waals surface area contributed by atoms with Crippen LogP contribution in [0.4, 0.5) is 4.39 Å². The Balaban J connectivity index is 1.85. The van der Waals surface area contributed by atoms with E-state index in [1.54, 1.807) is 12.2 Å². The van der Waals surface area contributed by atoms with Gasteiger partial charge in [0.05, 0.1) is 0 Å². The first-order valence-corrected chi connectivity index (χ1v) is 6.49. The fraction of sp³-hybridized carbons (Fsp3) is 0.571. The van der Waals surface area contributed by atoms with Gasteiger partial charge in [0, 0.05) is 19.1 Å². The molecule has 2 nitrogen and oxygen atoms in total. The van der Waals surface area contributed by atoms with Crippen LogP contribution in [-0.2, 0) is 0 Å².